The van der Waals surface area contributed by atoms with E-state index in [0.717, 1.165) is 0 Å². The van der Waals surface area contributed by atoms with Crippen LogP contribution in [0.15, 0.2) is 4.99 Å². The maximum atomic E-state index is 14.0. The maximum Gasteiger partial charge on any atom is 0.326 e. The summed E-state index contributed by atoms with van der Waals surface area (Å²) < 4.78 is 0. The average molecular weight is 1090 g/mol. The molecule has 0 aromatic carbocycles. The first kappa shape index (κ1) is 66.2. The maximum absolute atomic E-state index is 14.0. The molecule has 31 heteroatoms. The van der Waals surface area contributed by atoms with Crippen LogP contribution in [0.1, 0.15) is 92.9 Å². The molecular formula is C45H78N16O15. The van der Waals surface area contributed by atoms with Crippen LogP contribution in [-0.2, 0) is 57.5 Å². The van der Waals surface area contributed by atoms with Crippen LogP contribution in [0.2, 0.25) is 0 Å². The van der Waals surface area contributed by atoms with E-state index in [1.165, 1.54) is 4.90 Å². The Balaban J connectivity index is 3.25. The summed E-state index contributed by atoms with van der Waals surface area (Å²) in [5.74, 6) is -12.6. The second-order valence-electron chi connectivity index (χ2n) is 18.8. The van der Waals surface area contributed by atoms with Gasteiger partial charge in [-0.15, -0.1) is 0 Å². The summed E-state index contributed by atoms with van der Waals surface area (Å²) in [7, 11) is 0. The van der Waals surface area contributed by atoms with Gasteiger partial charge in [0.05, 0.1) is 26.2 Å². The van der Waals surface area contributed by atoms with Gasteiger partial charge in [-0.2, -0.15) is 0 Å². The fraction of sp³-hybridized carbons (Fsp3) is 0.689. The highest BCUT2D eigenvalue weighted by Gasteiger charge is 2.38. The Morgan fingerprint density at radius 3 is 1.64 bits per heavy atom. The lowest BCUT2D eigenvalue weighted by molar-refractivity contribution is -0.144. The van der Waals surface area contributed by atoms with Gasteiger partial charge in [-0.05, 0) is 62.7 Å². The molecule has 1 rings (SSSR count). The third-order valence-corrected chi connectivity index (χ3v) is 11.6. The number of nitrogens with zero attached hydrogens (tertiary/aromatic N) is 2. The van der Waals surface area contributed by atoms with E-state index in [2.05, 4.69) is 58.2 Å². The molecule has 1 aliphatic rings. The molecule has 0 unspecified atom stereocenters. The van der Waals surface area contributed by atoms with Crippen LogP contribution in [0.5, 0.6) is 0 Å². The van der Waals surface area contributed by atoms with Gasteiger partial charge in [0.1, 0.15) is 42.3 Å². The van der Waals surface area contributed by atoms with Crippen LogP contribution in [0.4, 0.5) is 4.79 Å². The molecule has 0 aliphatic carbocycles. The Morgan fingerprint density at radius 2 is 1.11 bits per heavy atom. The minimum atomic E-state index is -1.58. The van der Waals surface area contributed by atoms with Crippen molar-refractivity contribution in [2.45, 2.75) is 135 Å². The molecule has 1 heterocycles. The van der Waals surface area contributed by atoms with Crippen molar-refractivity contribution in [2.75, 3.05) is 45.8 Å². The molecule has 0 aromatic rings. The minimum Gasteiger partial charge on any atom is -0.481 e. The Bertz CT molecular complexity index is 2100. The lowest BCUT2D eigenvalue weighted by Crippen LogP contribution is -2.60. The van der Waals surface area contributed by atoms with Crippen LogP contribution in [0, 0.1) is 17.8 Å². The van der Waals surface area contributed by atoms with Gasteiger partial charge in [0.25, 0.3) is 0 Å². The van der Waals surface area contributed by atoms with E-state index in [1.54, 1.807) is 41.5 Å². The zero-order valence-electron chi connectivity index (χ0n) is 43.8. The number of aliphatic carboxylic acids is 2. The third kappa shape index (κ3) is 24.9. The van der Waals surface area contributed by atoms with E-state index in [4.69, 9.17) is 28.0 Å². The van der Waals surface area contributed by atoms with Crippen LogP contribution in [-0.4, -0.2) is 186 Å². The summed E-state index contributed by atoms with van der Waals surface area (Å²) in [4.78, 5) is 171. The van der Waals surface area contributed by atoms with E-state index >= 15 is 0 Å². The van der Waals surface area contributed by atoms with E-state index in [1.807, 2.05) is 0 Å². The molecule has 12 amide bonds. The van der Waals surface area contributed by atoms with Crippen molar-refractivity contribution in [3.8, 4) is 0 Å². The fourth-order valence-electron chi connectivity index (χ4n) is 7.42. The van der Waals surface area contributed by atoms with Crippen molar-refractivity contribution in [1.29, 1.82) is 0 Å². The number of rotatable bonds is 34. The monoisotopic (exact) mass is 1080 g/mol. The number of primary amides is 1. The van der Waals surface area contributed by atoms with Gasteiger partial charge in [-0.1, -0.05) is 41.5 Å². The van der Waals surface area contributed by atoms with E-state index < -0.39 is 170 Å². The standard InChI is InChI=1S/C45H78N16O15/c1-22(2)34(58-31(64)20-53-30(63)19-52-29(62)18-46)40(71)56-25(10-8-16-51-45(49)76)37(68)54-21-32(65)61-17-9-12-28(61)39(70)55-26(11-7-15-50-44(47)48)38(69)59-36(24(5)6)42(73)60-35(23(3)4)41(72)57-27(43(74)75)13-14-33(66)67/h22-28,34-36H,7-21,46H2,1-6H3,(H,52,62)(H,53,63)(H,54,68)(H,55,70)(H,56,71)(H,57,72)(H,58,64)(H,59,69)(H,60,73)(H,66,67)(H,74,75)(H4,47,48,50)(H3,49,51,76)/t25-,26-,27-,28-,34-,35-,36-/m0/s1/i76+2. The number of carboxylic acid groups (broad SMARTS) is 2. The van der Waals surface area contributed by atoms with E-state index in [-0.39, 0.29) is 64.2 Å². The molecule has 0 radical (unpaired) electrons. The summed E-state index contributed by atoms with van der Waals surface area (Å²) in [6, 6.07) is -10.1. The van der Waals surface area contributed by atoms with E-state index in [9.17, 15) is 67.4 Å². The largest absolute Gasteiger partial charge is 0.481 e. The summed E-state index contributed by atoms with van der Waals surface area (Å²) in [6.45, 7) is 7.61. The molecule has 0 spiro atoms. The van der Waals surface area contributed by atoms with Crippen LogP contribution in [0.25, 0.3) is 0 Å². The fourth-order valence-corrected chi connectivity index (χ4v) is 7.42. The first-order chi connectivity index (χ1) is 35.6. The first-order valence-electron chi connectivity index (χ1n) is 24.7. The highest BCUT2D eigenvalue weighted by atomic mass is 18.1. The Kier molecular flexibility index (Phi) is 29.5. The van der Waals surface area contributed by atoms with Gasteiger partial charge in [0.2, 0.25) is 59.1 Å². The second kappa shape index (κ2) is 33.9. The molecule has 0 bridgehead atoms. The van der Waals surface area contributed by atoms with Crippen LogP contribution in [0.3, 0.4) is 0 Å². The Morgan fingerprint density at radius 1 is 0.592 bits per heavy atom. The molecule has 76 heavy (non-hydrogen) atoms. The number of guanidine groups is 1. The SMILES string of the molecule is CC(C)[C@H](NC(=O)CNC(=O)CNC(=O)CN)C(=O)N[C@@H](CCCNC(N)=[18O])C(=O)NCC(=O)N1CCC[C@H]1C(=O)N[C@@H](CCCN=C(N)N)C(=O)N[C@H](C(=O)N[C@H](C(=O)N[C@@H](CCC(=O)O)C(=O)O)C(C)C)C(C)C. The molecule has 1 fully saturated rings. The first-order valence-corrected chi connectivity index (χ1v) is 24.7. The lowest BCUT2D eigenvalue weighted by Gasteiger charge is -2.30. The topological polar surface area (TPSA) is 502 Å². The highest BCUT2D eigenvalue weighted by Crippen LogP contribution is 2.19. The molecule has 31 nitrogen and oxygen atoms in total. The van der Waals surface area contributed by atoms with Gasteiger partial charge < -0.3 is 91.2 Å². The van der Waals surface area contributed by atoms with Crippen molar-refractivity contribution in [3.05, 3.63) is 0 Å². The zero-order valence-corrected chi connectivity index (χ0v) is 43.8. The number of carboxylic acids is 2. The lowest BCUT2D eigenvalue weighted by atomic mass is 9.98. The average Bonchev–Trinajstić information content (AvgIpc) is 3.84. The second-order valence-corrected chi connectivity index (χ2v) is 18.8. The smallest absolute Gasteiger partial charge is 0.326 e. The molecule has 0 aromatic heterocycles. The highest BCUT2D eigenvalue weighted by molar-refractivity contribution is 5.98. The summed E-state index contributed by atoms with van der Waals surface area (Å²) >= 11 is 0. The normalized spacial score (nSPS) is 15.3. The molecule has 7 atom stereocenters. The number of hydrogen-bond donors (Lipinski definition) is 16. The van der Waals surface area contributed by atoms with Crippen molar-refractivity contribution < 1.29 is 72.5 Å². The van der Waals surface area contributed by atoms with Gasteiger partial charge in [-0.25, -0.2) is 9.59 Å². The van der Waals surface area contributed by atoms with Crippen molar-refractivity contribution in [2.24, 2.45) is 45.7 Å². The predicted octanol–water partition coefficient (Wildman–Crippen LogP) is -6.39. The number of amides is 12. The van der Waals surface area contributed by atoms with Gasteiger partial charge >= 0.3 is 18.0 Å². The number of likely N-dealkylation sites (tertiary alicyclic amines) is 1. The van der Waals surface area contributed by atoms with Crippen molar-refractivity contribution in [3.63, 3.8) is 0 Å². The van der Waals surface area contributed by atoms with Crippen molar-refractivity contribution >= 4 is 83.0 Å². The number of nitrogens with two attached hydrogens (primary N) is 4. The molecule has 1 aliphatic heterocycles. The quantitative estimate of drug-likeness (QED) is 0.0123. The van der Waals surface area contributed by atoms with Crippen LogP contribution < -0.4 is 76.1 Å². The summed E-state index contributed by atoms with van der Waals surface area (Å²) in [5.41, 5.74) is 21.3. The number of carbonyl (C=O) groups excluding carboxylic acids is 11. The number of urea groups is 1. The van der Waals surface area contributed by atoms with Gasteiger partial charge in [0, 0.05) is 26.1 Å². The number of hydrogen-bond acceptors (Lipinski definition) is 15. The number of carbonyl (C=O) groups is 13. The third-order valence-electron chi connectivity index (χ3n) is 11.6. The number of nitrogens with one attached hydrogen (secondary N) is 10. The molecule has 20 N–H and O–H groups in total. The molecule has 0 saturated carbocycles. The molecule has 428 valence electrons. The summed E-state index contributed by atoms with van der Waals surface area (Å²) in [6.07, 6.45) is -0.405. The minimum absolute atomic E-state index is 0.000435. The predicted molar refractivity (Wildman–Crippen MR) is 270 cm³/mol. The van der Waals surface area contributed by atoms with Gasteiger partial charge in [-0.3, -0.25) is 57.7 Å². The Hall–Kier alpha value is -7.86. The van der Waals surface area contributed by atoms with Gasteiger partial charge in [0.15, 0.2) is 5.96 Å². The molecular weight excluding hydrogens is 1010 g/mol. The van der Waals surface area contributed by atoms with E-state index in [0.29, 0.717) is 6.42 Å². The number of aliphatic imine (C=N–C) groups is 1. The molecule has 1 saturated heterocycles. The van der Waals surface area contributed by atoms with Crippen LogP contribution >= 0.6 is 0 Å². The van der Waals surface area contributed by atoms with Crippen molar-refractivity contribution in [1.82, 2.24) is 58.1 Å². The zero-order chi connectivity index (χ0) is 57.8. The Labute approximate surface area is 439 Å². The summed E-state index contributed by atoms with van der Waals surface area (Å²) in [5, 5.41) is 43.0.